The van der Waals surface area contributed by atoms with E-state index in [1.165, 1.54) is 16.1 Å². The zero-order valence-electron chi connectivity index (χ0n) is 14.4. The predicted octanol–water partition coefficient (Wildman–Crippen LogP) is 3.13. The molecule has 0 N–H and O–H groups in total. The number of aromatic nitrogens is 1. The van der Waals surface area contributed by atoms with E-state index in [0.29, 0.717) is 31.0 Å². The normalized spacial score (nSPS) is 16.8. The van der Waals surface area contributed by atoms with E-state index in [2.05, 4.69) is 17.1 Å². The zero-order valence-corrected chi connectivity index (χ0v) is 15.2. The Balaban J connectivity index is 1.44. The topological polar surface area (TPSA) is 53.5 Å². The first-order valence-corrected chi connectivity index (χ1v) is 9.30. The molecular formula is C20H20ClN3O2. The Kier molecular flexibility index (Phi) is 4.64. The second kappa shape index (κ2) is 7.08. The first kappa shape index (κ1) is 17.0. The molecule has 26 heavy (non-hydrogen) atoms. The summed E-state index contributed by atoms with van der Waals surface area (Å²) in [5.74, 6) is 0.0526. The van der Waals surface area contributed by atoms with Crippen molar-refractivity contribution in [1.29, 1.82) is 0 Å². The van der Waals surface area contributed by atoms with Gasteiger partial charge in [-0.25, -0.2) is 9.99 Å². The molecule has 134 valence electrons. The van der Waals surface area contributed by atoms with Gasteiger partial charge in [0.2, 0.25) is 5.91 Å². The minimum Gasteiger partial charge on any atom is -0.273 e. The Hall–Kier alpha value is -2.40. The monoisotopic (exact) mass is 369 g/mol. The molecule has 2 heterocycles. The summed E-state index contributed by atoms with van der Waals surface area (Å²) in [5, 5.41) is 3.28. The van der Waals surface area contributed by atoms with Crippen LogP contribution in [-0.2, 0) is 17.6 Å². The van der Waals surface area contributed by atoms with Crippen LogP contribution < -0.4 is 0 Å². The Bertz CT molecular complexity index is 829. The van der Waals surface area contributed by atoms with E-state index >= 15 is 0 Å². The van der Waals surface area contributed by atoms with Crippen molar-refractivity contribution in [3.05, 3.63) is 64.4 Å². The number of hydrogen-bond donors (Lipinski definition) is 0. The molecule has 5 nitrogen and oxygen atoms in total. The van der Waals surface area contributed by atoms with Crippen molar-refractivity contribution in [3.8, 4) is 0 Å². The van der Waals surface area contributed by atoms with Gasteiger partial charge in [-0.2, -0.15) is 0 Å². The summed E-state index contributed by atoms with van der Waals surface area (Å²) in [4.78, 5) is 29.6. The van der Waals surface area contributed by atoms with Gasteiger partial charge in [0.25, 0.3) is 5.91 Å². The highest BCUT2D eigenvalue weighted by atomic mass is 35.5. The lowest BCUT2D eigenvalue weighted by atomic mass is 10.0. The smallest absolute Gasteiger partial charge is 0.273 e. The van der Waals surface area contributed by atoms with Crippen LogP contribution in [0.3, 0.4) is 0 Å². The van der Waals surface area contributed by atoms with Crippen LogP contribution in [0.4, 0.5) is 0 Å². The van der Waals surface area contributed by atoms with Crippen LogP contribution in [0.25, 0.3) is 0 Å². The molecule has 4 rings (SSSR count). The van der Waals surface area contributed by atoms with Gasteiger partial charge in [0.1, 0.15) is 5.15 Å². The van der Waals surface area contributed by atoms with Crippen LogP contribution in [0.2, 0.25) is 5.15 Å². The van der Waals surface area contributed by atoms with Crippen molar-refractivity contribution in [1.82, 2.24) is 15.0 Å². The Morgan fingerprint density at radius 2 is 1.73 bits per heavy atom. The van der Waals surface area contributed by atoms with Crippen LogP contribution in [0.5, 0.6) is 0 Å². The number of rotatable bonds is 3. The Morgan fingerprint density at radius 1 is 1.04 bits per heavy atom. The number of carbonyl (C=O) groups excluding carboxylic acids is 2. The molecule has 0 atom stereocenters. The number of hydrogen-bond acceptors (Lipinski definition) is 3. The van der Waals surface area contributed by atoms with E-state index in [1.54, 1.807) is 23.3 Å². The number of pyridine rings is 1. The molecule has 2 aromatic rings. The second-order valence-electron chi connectivity index (χ2n) is 6.89. The highest BCUT2D eigenvalue weighted by Crippen LogP contribution is 2.30. The molecule has 1 aromatic heterocycles. The first-order valence-electron chi connectivity index (χ1n) is 8.93. The molecule has 1 aliphatic heterocycles. The second-order valence-corrected chi connectivity index (χ2v) is 7.25. The minimum absolute atomic E-state index is 0.00803. The molecule has 0 bridgehead atoms. The van der Waals surface area contributed by atoms with E-state index in [9.17, 15) is 9.59 Å². The number of amides is 2. The number of carbonyl (C=O) groups is 2. The molecule has 1 aromatic carbocycles. The molecule has 6 heteroatoms. The van der Waals surface area contributed by atoms with Gasteiger partial charge in [0.15, 0.2) is 0 Å². The summed E-state index contributed by atoms with van der Waals surface area (Å²) in [6, 6.07) is 11.7. The summed E-state index contributed by atoms with van der Waals surface area (Å²) in [7, 11) is 0. The molecule has 0 unspecified atom stereocenters. The van der Waals surface area contributed by atoms with Crippen molar-refractivity contribution in [2.75, 3.05) is 13.1 Å². The van der Waals surface area contributed by atoms with Gasteiger partial charge in [0.05, 0.1) is 5.56 Å². The van der Waals surface area contributed by atoms with Crippen molar-refractivity contribution in [3.63, 3.8) is 0 Å². The molecule has 1 fully saturated rings. The fraction of sp³-hybridized carbons (Fsp3) is 0.350. The fourth-order valence-corrected chi connectivity index (χ4v) is 4.11. The molecular weight excluding hydrogens is 350 g/mol. The van der Waals surface area contributed by atoms with Gasteiger partial charge in [-0.1, -0.05) is 35.9 Å². The molecule has 0 radical (unpaired) electrons. The average Bonchev–Trinajstić information content (AvgIpc) is 3.28. The van der Waals surface area contributed by atoms with E-state index in [0.717, 1.165) is 19.3 Å². The molecule has 2 amide bonds. The van der Waals surface area contributed by atoms with Crippen LogP contribution in [-0.4, -0.2) is 39.9 Å². The van der Waals surface area contributed by atoms with Crippen LogP contribution in [0, 0.1) is 5.92 Å². The SMILES string of the molecule is O=C(CC1Cc2ccccc2C1)N1CCCN1C(=O)c1cccnc1Cl. The van der Waals surface area contributed by atoms with E-state index in [1.807, 2.05) is 12.1 Å². The van der Waals surface area contributed by atoms with Gasteiger partial charge >= 0.3 is 0 Å². The van der Waals surface area contributed by atoms with Gasteiger partial charge in [-0.15, -0.1) is 0 Å². The van der Waals surface area contributed by atoms with E-state index in [-0.39, 0.29) is 17.0 Å². The quantitative estimate of drug-likeness (QED) is 0.781. The molecule has 2 aliphatic rings. The first-order chi connectivity index (χ1) is 12.6. The Labute approximate surface area is 157 Å². The number of nitrogens with zero attached hydrogens (tertiary/aromatic N) is 3. The van der Waals surface area contributed by atoms with Gasteiger partial charge in [-0.05, 0) is 48.4 Å². The summed E-state index contributed by atoms with van der Waals surface area (Å²) in [5.41, 5.74) is 3.01. The number of halogens is 1. The van der Waals surface area contributed by atoms with Crippen molar-refractivity contribution in [2.24, 2.45) is 5.92 Å². The summed E-state index contributed by atoms with van der Waals surface area (Å²) in [6.07, 6.45) is 4.64. The molecule has 1 aliphatic carbocycles. The third kappa shape index (κ3) is 3.19. The third-order valence-electron chi connectivity index (χ3n) is 5.14. The average molecular weight is 370 g/mol. The third-order valence-corrected chi connectivity index (χ3v) is 5.44. The van der Waals surface area contributed by atoms with Gasteiger partial charge < -0.3 is 0 Å². The predicted molar refractivity (Wildman–Crippen MR) is 98.6 cm³/mol. The van der Waals surface area contributed by atoms with Crippen molar-refractivity contribution < 1.29 is 9.59 Å². The van der Waals surface area contributed by atoms with E-state index < -0.39 is 0 Å². The van der Waals surface area contributed by atoms with Gasteiger partial charge in [0, 0.05) is 25.7 Å². The van der Waals surface area contributed by atoms with Crippen LogP contribution >= 0.6 is 11.6 Å². The lowest BCUT2D eigenvalue weighted by molar-refractivity contribution is -0.141. The fourth-order valence-electron chi connectivity index (χ4n) is 3.91. The maximum Gasteiger partial charge on any atom is 0.275 e. The van der Waals surface area contributed by atoms with Crippen molar-refractivity contribution >= 4 is 23.4 Å². The lowest BCUT2D eigenvalue weighted by Gasteiger charge is -2.29. The highest BCUT2D eigenvalue weighted by Gasteiger charge is 2.34. The lowest BCUT2D eigenvalue weighted by Crippen LogP contribution is -2.45. The Morgan fingerprint density at radius 3 is 2.42 bits per heavy atom. The van der Waals surface area contributed by atoms with E-state index in [4.69, 9.17) is 11.6 Å². The van der Waals surface area contributed by atoms with Crippen LogP contribution in [0.15, 0.2) is 42.6 Å². The van der Waals surface area contributed by atoms with Crippen molar-refractivity contribution in [2.45, 2.75) is 25.7 Å². The summed E-state index contributed by atoms with van der Waals surface area (Å²) < 4.78 is 0. The largest absolute Gasteiger partial charge is 0.275 e. The summed E-state index contributed by atoms with van der Waals surface area (Å²) in [6.45, 7) is 1.10. The maximum atomic E-state index is 12.9. The molecule has 0 saturated carbocycles. The van der Waals surface area contributed by atoms with Gasteiger partial charge in [-0.3, -0.25) is 14.6 Å². The maximum absolute atomic E-state index is 12.9. The standard InChI is InChI=1S/C20H20ClN3O2/c21-19-17(7-3-8-22-19)20(26)24-10-4-9-23(24)18(25)13-14-11-15-5-1-2-6-16(15)12-14/h1-3,5-8,14H,4,9-13H2. The molecule has 1 saturated heterocycles. The zero-order chi connectivity index (χ0) is 18.1. The molecule has 0 spiro atoms. The number of hydrazine groups is 1. The number of fused-ring (bicyclic) bond motifs is 1. The van der Waals surface area contributed by atoms with Crippen LogP contribution in [0.1, 0.15) is 34.3 Å². The number of benzene rings is 1. The minimum atomic E-state index is -0.261. The highest BCUT2D eigenvalue weighted by molar-refractivity contribution is 6.32. The summed E-state index contributed by atoms with van der Waals surface area (Å²) >= 11 is 6.05.